The fourth-order valence-corrected chi connectivity index (χ4v) is 2.08. The fraction of sp³-hybridized carbons (Fsp3) is 0.583. The molecule has 0 amide bonds. The molecule has 0 radical (unpaired) electrons. The summed E-state index contributed by atoms with van der Waals surface area (Å²) < 4.78 is 16.3. The Labute approximate surface area is 105 Å². The van der Waals surface area contributed by atoms with Crippen molar-refractivity contribution >= 4 is 16.6 Å². The second kappa shape index (κ2) is 7.27. The smallest absolute Gasteiger partial charge is 0.215 e. The standard InChI is InChI=1S/C12H20N2O2S/c1-4-16-12-7-5-6-11(14-12)13-10(2)8-9-17(3)15/h5-7,10H,4,8-9H2,1-3H3,(H,13,14). The highest BCUT2D eigenvalue weighted by molar-refractivity contribution is 7.84. The number of rotatable bonds is 7. The average molecular weight is 256 g/mol. The third-order valence-corrected chi connectivity index (χ3v) is 3.06. The molecule has 4 nitrogen and oxygen atoms in total. The minimum Gasteiger partial charge on any atom is -0.478 e. The average Bonchev–Trinajstić information content (AvgIpc) is 2.27. The van der Waals surface area contributed by atoms with Crippen LogP contribution in [0.15, 0.2) is 18.2 Å². The molecule has 1 aromatic rings. The van der Waals surface area contributed by atoms with Crippen LogP contribution in [0, 0.1) is 0 Å². The molecule has 0 fully saturated rings. The van der Waals surface area contributed by atoms with Crippen LogP contribution in [-0.2, 0) is 10.8 Å². The molecule has 1 N–H and O–H groups in total. The summed E-state index contributed by atoms with van der Waals surface area (Å²) in [4.78, 5) is 4.32. The molecule has 2 unspecified atom stereocenters. The first-order valence-electron chi connectivity index (χ1n) is 5.78. The van der Waals surface area contributed by atoms with E-state index in [9.17, 15) is 4.21 Å². The van der Waals surface area contributed by atoms with Crippen molar-refractivity contribution in [2.24, 2.45) is 0 Å². The van der Waals surface area contributed by atoms with Crippen LogP contribution >= 0.6 is 0 Å². The van der Waals surface area contributed by atoms with Crippen LogP contribution in [0.25, 0.3) is 0 Å². The summed E-state index contributed by atoms with van der Waals surface area (Å²) in [5, 5.41) is 3.27. The van der Waals surface area contributed by atoms with Crippen molar-refractivity contribution in [3.63, 3.8) is 0 Å². The van der Waals surface area contributed by atoms with Crippen LogP contribution in [0.3, 0.4) is 0 Å². The van der Waals surface area contributed by atoms with Crippen LogP contribution in [0.1, 0.15) is 20.3 Å². The molecule has 0 aliphatic heterocycles. The molecule has 0 saturated heterocycles. The van der Waals surface area contributed by atoms with Crippen LogP contribution in [0.5, 0.6) is 5.88 Å². The maximum atomic E-state index is 11.0. The van der Waals surface area contributed by atoms with Gasteiger partial charge >= 0.3 is 0 Å². The lowest BCUT2D eigenvalue weighted by atomic mass is 10.2. The second-order valence-corrected chi connectivity index (χ2v) is 5.46. The molecule has 0 bridgehead atoms. The molecule has 0 spiro atoms. The summed E-state index contributed by atoms with van der Waals surface area (Å²) in [5.41, 5.74) is 0. The van der Waals surface area contributed by atoms with E-state index in [1.807, 2.05) is 25.1 Å². The maximum Gasteiger partial charge on any atom is 0.215 e. The van der Waals surface area contributed by atoms with Crippen molar-refractivity contribution in [2.75, 3.05) is 23.9 Å². The minimum absolute atomic E-state index is 0.253. The van der Waals surface area contributed by atoms with Crippen LogP contribution < -0.4 is 10.1 Å². The monoisotopic (exact) mass is 256 g/mol. The van der Waals surface area contributed by atoms with Gasteiger partial charge in [0.25, 0.3) is 0 Å². The highest BCUT2D eigenvalue weighted by atomic mass is 32.2. The predicted molar refractivity (Wildman–Crippen MR) is 72.0 cm³/mol. The van der Waals surface area contributed by atoms with E-state index in [4.69, 9.17) is 4.74 Å². The van der Waals surface area contributed by atoms with Gasteiger partial charge in [-0.25, -0.2) is 0 Å². The van der Waals surface area contributed by atoms with Gasteiger partial charge in [0.2, 0.25) is 5.88 Å². The first kappa shape index (κ1) is 14.0. The zero-order valence-corrected chi connectivity index (χ0v) is 11.4. The lowest BCUT2D eigenvalue weighted by Gasteiger charge is -2.14. The van der Waals surface area contributed by atoms with E-state index in [0.29, 0.717) is 18.2 Å². The Morgan fingerprint density at radius 1 is 1.53 bits per heavy atom. The topological polar surface area (TPSA) is 51.2 Å². The normalized spacial score (nSPS) is 14.1. The first-order chi connectivity index (χ1) is 8.11. The van der Waals surface area contributed by atoms with Crippen molar-refractivity contribution in [3.8, 4) is 5.88 Å². The van der Waals surface area contributed by atoms with Gasteiger partial charge in [0.15, 0.2) is 0 Å². The molecule has 5 heteroatoms. The zero-order chi connectivity index (χ0) is 12.7. The Balaban J connectivity index is 2.49. The number of pyridine rings is 1. The summed E-state index contributed by atoms with van der Waals surface area (Å²) in [6.07, 6.45) is 2.59. The van der Waals surface area contributed by atoms with Crippen LogP contribution in [0.4, 0.5) is 5.82 Å². The minimum atomic E-state index is -0.737. The molecule has 17 heavy (non-hydrogen) atoms. The van der Waals surface area contributed by atoms with Crippen molar-refractivity contribution in [2.45, 2.75) is 26.3 Å². The molecular formula is C12H20N2O2S. The number of aromatic nitrogens is 1. The maximum absolute atomic E-state index is 11.0. The van der Waals surface area contributed by atoms with Crippen molar-refractivity contribution in [1.82, 2.24) is 4.98 Å². The van der Waals surface area contributed by atoms with E-state index < -0.39 is 10.8 Å². The Morgan fingerprint density at radius 3 is 2.94 bits per heavy atom. The van der Waals surface area contributed by atoms with Crippen molar-refractivity contribution in [1.29, 1.82) is 0 Å². The number of anilines is 1. The number of hydrogen-bond donors (Lipinski definition) is 1. The molecule has 1 heterocycles. The second-order valence-electron chi connectivity index (χ2n) is 3.91. The van der Waals surface area contributed by atoms with E-state index in [-0.39, 0.29) is 6.04 Å². The van der Waals surface area contributed by atoms with Crippen LogP contribution in [0.2, 0.25) is 0 Å². The van der Waals surface area contributed by atoms with E-state index in [2.05, 4.69) is 17.2 Å². The number of ether oxygens (including phenoxy) is 1. The lowest BCUT2D eigenvalue weighted by molar-refractivity contribution is 0.327. The summed E-state index contributed by atoms with van der Waals surface area (Å²) in [5.74, 6) is 2.13. The van der Waals surface area contributed by atoms with Gasteiger partial charge in [0, 0.05) is 34.9 Å². The van der Waals surface area contributed by atoms with Crippen LogP contribution in [-0.4, -0.2) is 33.9 Å². The Bertz CT molecular complexity index is 371. The van der Waals surface area contributed by atoms with Gasteiger partial charge in [0.05, 0.1) is 6.61 Å². The third-order valence-electron chi connectivity index (χ3n) is 2.25. The number of nitrogens with zero attached hydrogens (tertiary/aromatic N) is 1. The summed E-state index contributed by atoms with van der Waals surface area (Å²) in [6, 6.07) is 5.90. The van der Waals surface area contributed by atoms with Gasteiger partial charge in [-0.2, -0.15) is 4.98 Å². The number of nitrogens with one attached hydrogen (secondary N) is 1. The highest BCUT2D eigenvalue weighted by Gasteiger charge is 2.05. The molecule has 1 aromatic heterocycles. The van der Waals surface area contributed by atoms with Gasteiger partial charge in [0.1, 0.15) is 5.82 Å². The SMILES string of the molecule is CCOc1cccc(NC(C)CCS(C)=O)n1. The zero-order valence-electron chi connectivity index (χ0n) is 10.6. The van der Waals surface area contributed by atoms with E-state index >= 15 is 0 Å². The fourth-order valence-electron chi connectivity index (χ4n) is 1.39. The molecule has 0 aromatic carbocycles. The first-order valence-corrected chi connectivity index (χ1v) is 7.51. The van der Waals surface area contributed by atoms with Crippen molar-refractivity contribution in [3.05, 3.63) is 18.2 Å². The van der Waals surface area contributed by atoms with Gasteiger partial charge in [-0.1, -0.05) is 6.07 Å². The Kier molecular flexibility index (Phi) is 5.97. The highest BCUT2D eigenvalue weighted by Crippen LogP contribution is 2.13. The largest absolute Gasteiger partial charge is 0.478 e. The molecule has 0 saturated carbocycles. The van der Waals surface area contributed by atoms with E-state index in [1.165, 1.54) is 0 Å². The number of hydrogen-bond acceptors (Lipinski definition) is 4. The molecular weight excluding hydrogens is 236 g/mol. The molecule has 0 aliphatic carbocycles. The van der Waals surface area contributed by atoms with Gasteiger partial charge in [-0.3, -0.25) is 4.21 Å². The summed E-state index contributed by atoms with van der Waals surface area (Å²) in [7, 11) is -0.737. The Hall–Kier alpha value is -1.10. The molecule has 0 aliphatic rings. The molecule has 2 atom stereocenters. The third kappa shape index (κ3) is 5.68. The lowest BCUT2D eigenvalue weighted by Crippen LogP contribution is -2.18. The van der Waals surface area contributed by atoms with Crippen molar-refractivity contribution < 1.29 is 8.95 Å². The molecule has 96 valence electrons. The van der Waals surface area contributed by atoms with Gasteiger partial charge in [-0.05, 0) is 26.3 Å². The van der Waals surface area contributed by atoms with Gasteiger partial charge < -0.3 is 10.1 Å². The van der Waals surface area contributed by atoms with E-state index in [1.54, 1.807) is 6.26 Å². The molecule has 1 rings (SSSR count). The van der Waals surface area contributed by atoms with E-state index in [0.717, 1.165) is 12.2 Å². The van der Waals surface area contributed by atoms with Gasteiger partial charge in [-0.15, -0.1) is 0 Å². The Morgan fingerprint density at radius 2 is 2.29 bits per heavy atom. The summed E-state index contributed by atoms with van der Waals surface area (Å²) >= 11 is 0. The predicted octanol–water partition coefficient (Wildman–Crippen LogP) is 2.05. The summed E-state index contributed by atoms with van der Waals surface area (Å²) in [6.45, 7) is 4.60. The quantitative estimate of drug-likeness (QED) is 0.811.